The van der Waals surface area contributed by atoms with Crippen molar-refractivity contribution in [2.24, 2.45) is 0 Å². The third-order valence-corrected chi connectivity index (χ3v) is 2.43. The average Bonchev–Trinajstić information content (AvgIpc) is 2.76. The molecular formula is C12H23N3O. The number of hydrogen-bond donors (Lipinski definition) is 1. The number of unbranched alkanes of at least 4 members (excludes halogenated alkanes) is 1. The van der Waals surface area contributed by atoms with Crippen LogP contribution in [-0.2, 0) is 11.3 Å². The molecule has 0 amide bonds. The van der Waals surface area contributed by atoms with Crippen molar-refractivity contribution in [2.45, 2.75) is 39.3 Å². The fourth-order valence-electron chi connectivity index (χ4n) is 1.50. The molecule has 0 aromatic carbocycles. The van der Waals surface area contributed by atoms with Gasteiger partial charge < -0.3 is 14.6 Å². The minimum Gasteiger partial charge on any atom is -0.380 e. The second-order valence-corrected chi connectivity index (χ2v) is 4.08. The summed E-state index contributed by atoms with van der Waals surface area (Å²) < 4.78 is 7.56. The molecule has 0 fully saturated rings. The summed E-state index contributed by atoms with van der Waals surface area (Å²) in [4.78, 5) is 4.02. The standard InChI is InChI=1S/C12H23N3O/c1-3-4-8-16-9-6-14-12(2)10-15-7-5-13-11-15/h5,7,11-12,14H,3-4,6,8-10H2,1-2H3. The van der Waals surface area contributed by atoms with E-state index in [0.29, 0.717) is 6.04 Å². The molecule has 1 aromatic heterocycles. The van der Waals surface area contributed by atoms with E-state index in [1.165, 1.54) is 6.42 Å². The highest BCUT2D eigenvalue weighted by Gasteiger charge is 2.00. The number of rotatable bonds is 9. The zero-order chi connectivity index (χ0) is 11.6. The van der Waals surface area contributed by atoms with Crippen LogP contribution in [0.3, 0.4) is 0 Å². The summed E-state index contributed by atoms with van der Waals surface area (Å²) in [5.74, 6) is 0. The molecule has 0 saturated heterocycles. The van der Waals surface area contributed by atoms with Crippen LogP contribution in [0.5, 0.6) is 0 Å². The van der Waals surface area contributed by atoms with E-state index < -0.39 is 0 Å². The maximum atomic E-state index is 5.48. The molecule has 4 nitrogen and oxygen atoms in total. The smallest absolute Gasteiger partial charge is 0.0946 e. The van der Waals surface area contributed by atoms with Crippen LogP contribution in [0.4, 0.5) is 0 Å². The van der Waals surface area contributed by atoms with Crippen LogP contribution in [-0.4, -0.2) is 35.4 Å². The maximum absolute atomic E-state index is 5.48. The first kappa shape index (κ1) is 13.2. The molecule has 1 atom stereocenters. The monoisotopic (exact) mass is 225 g/mol. The molecule has 1 unspecified atom stereocenters. The van der Waals surface area contributed by atoms with E-state index in [1.54, 1.807) is 6.20 Å². The number of aromatic nitrogens is 2. The minimum atomic E-state index is 0.448. The predicted molar refractivity (Wildman–Crippen MR) is 65.4 cm³/mol. The average molecular weight is 225 g/mol. The first-order chi connectivity index (χ1) is 7.83. The van der Waals surface area contributed by atoms with Crippen molar-refractivity contribution in [1.29, 1.82) is 0 Å². The van der Waals surface area contributed by atoms with Gasteiger partial charge >= 0.3 is 0 Å². The lowest BCUT2D eigenvalue weighted by molar-refractivity contribution is 0.130. The molecule has 1 rings (SSSR count). The summed E-state index contributed by atoms with van der Waals surface area (Å²) in [6, 6.07) is 0.448. The predicted octanol–water partition coefficient (Wildman–Crippen LogP) is 1.68. The van der Waals surface area contributed by atoms with Gasteiger partial charge in [-0.3, -0.25) is 0 Å². The minimum absolute atomic E-state index is 0.448. The number of nitrogens with zero attached hydrogens (tertiary/aromatic N) is 2. The normalized spacial score (nSPS) is 12.9. The van der Waals surface area contributed by atoms with Crippen LogP contribution >= 0.6 is 0 Å². The van der Waals surface area contributed by atoms with E-state index in [2.05, 4.69) is 28.7 Å². The summed E-state index contributed by atoms with van der Waals surface area (Å²) in [7, 11) is 0. The molecule has 4 heteroatoms. The van der Waals surface area contributed by atoms with Crippen molar-refractivity contribution in [3.63, 3.8) is 0 Å². The third-order valence-electron chi connectivity index (χ3n) is 2.43. The van der Waals surface area contributed by atoms with Crippen molar-refractivity contribution in [2.75, 3.05) is 19.8 Å². The van der Waals surface area contributed by atoms with E-state index in [4.69, 9.17) is 4.74 Å². The van der Waals surface area contributed by atoms with Gasteiger partial charge in [0.25, 0.3) is 0 Å². The molecule has 1 heterocycles. The van der Waals surface area contributed by atoms with Crippen LogP contribution in [0, 0.1) is 0 Å². The number of hydrogen-bond acceptors (Lipinski definition) is 3. The van der Waals surface area contributed by atoms with Gasteiger partial charge in [-0.25, -0.2) is 4.98 Å². The van der Waals surface area contributed by atoms with Crippen LogP contribution in [0.2, 0.25) is 0 Å². The summed E-state index contributed by atoms with van der Waals surface area (Å²) in [6.45, 7) is 7.90. The Labute approximate surface area is 98.0 Å². The van der Waals surface area contributed by atoms with Gasteiger partial charge in [0.2, 0.25) is 0 Å². The molecule has 1 N–H and O–H groups in total. The maximum Gasteiger partial charge on any atom is 0.0946 e. The second-order valence-electron chi connectivity index (χ2n) is 4.08. The van der Waals surface area contributed by atoms with Gasteiger partial charge in [0.1, 0.15) is 0 Å². The van der Waals surface area contributed by atoms with Gasteiger partial charge in [-0.1, -0.05) is 13.3 Å². The van der Waals surface area contributed by atoms with Gasteiger partial charge in [0.15, 0.2) is 0 Å². The lowest BCUT2D eigenvalue weighted by Crippen LogP contribution is -2.32. The van der Waals surface area contributed by atoms with Crippen molar-refractivity contribution in [1.82, 2.24) is 14.9 Å². The zero-order valence-electron chi connectivity index (χ0n) is 10.4. The fourth-order valence-corrected chi connectivity index (χ4v) is 1.50. The second kappa shape index (κ2) is 8.30. The van der Waals surface area contributed by atoms with Gasteiger partial charge in [-0.15, -0.1) is 0 Å². The van der Waals surface area contributed by atoms with Gasteiger partial charge in [0, 0.05) is 38.1 Å². The Balaban J connectivity index is 1.96. The van der Waals surface area contributed by atoms with Gasteiger partial charge in [0.05, 0.1) is 12.9 Å². The molecule has 0 bridgehead atoms. The molecule has 0 aliphatic rings. The molecule has 16 heavy (non-hydrogen) atoms. The Morgan fingerprint density at radius 3 is 3.00 bits per heavy atom. The lowest BCUT2D eigenvalue weighted by atomic mass is 10.3. The SMILES string of the molecule is CCCCOCCNC(C)Cn1ccnc1. The van der Waals surface area contributed by atoms with Gasteiger partial charge in [-0.05, 0) is 13.3 Å². The van der Waals surface area contributed by atoms with E-state index >= 15 is 0 Å². The zero-order valence-corrected chi connectivity index (χ0v) is 10.4. The summed E-state index contributed by atoms with van der Waals surface area (Å²) in [6.07, 6.45) is 7.99. The summed E-state index contributed by atoms with van der Waals surface area (Å²) in [5.41, 5.74) is 0. The van der Waals surface area contributed by atoms with E-state index in [9.17, 15) is 0 Å². The van der Waals surface area contributed by atoms with E-state index in [-0.39, 0.29) is 0 Å². The van der Waals surface area contributed by atoms with Crippen molar-refractivity contribution in [3.05, 3.63) is 18.7 Å². The Bertz CT molecular complexity index is 249. The van der Waals surface area contributed by atoms with Gasteiger partial charge in [-0.2, -0.15) is 0 Å². The van der Waals surface area contributed by atoms with Crippen LogP contribution < -0.4 is 5.32 Å². The van der Waals surface area contributed by atoms with E-state index in [1.807, 2.05) is 12.5 Å². The Hall–Kier alpha value is -0.870. The van der Waals surface area contributed by atoms with Crippen LogP contribution in [0.15, 0.2) is 18.7 Å². The van der Waals surface area contributed by atoms with Crippen LogP contribution in [0.25, 0.3) is 0 Å². The lowest BCUT2D eigenvalue weighted by Gasteiger charge is -2.14. The molecule has 0 aliphatic carbocycles. The molecular weight excluding hydrogens is 202 g/mol. The fraction of sp³-hybridized carbons (Fsp3) is 0.750. The molecule has 1 aromatic rings. The largest absolute Gasteiger partial charge is 0.380 e. The van der Waals surface area contributed by atoms with Crippen LogP contribution in [0.1, 0.15) is 26.7 Å². The molecule has 0 aliphatic heterocycles. The quantitative estimate of drug-likeness (QED) is 0.650. The molecule has 0 saturated carbocycles. The van der Waals surface area contributed by atoms with Crippen molar-refractivity contribution < 1.29 is 4.74 Å². The number of nitrogens with one attached hydrogen (secondary N) is 1. The number of ether oxygens (including phenoxy) is 1. The Morgan fingerprint density at radius 2 is 2.31 bits per heavy atom. The van der Waals surface area contributed by atoms with Crippen molar-refractivity contribution in [3.8, 4) is 0 Å². The molecule has 0 spiro atoms. The first-order valence-corrected chi connectivity index (χ1v) is 6.09. The topological polar surface area (TPSA) is 39.1 Å². The highest BCUT2D eigenvalue weighted by Crippen LogP contribution is 1.91. The van der Waals surface area contributed by atoms with Crippen molar-refractivity contribution >= 4 is 0 Å². The highest BCUT2D eigenvalue weighted by atomic mass is 16.5. The summed E-state index contributed by atoms with van der Waals surface area (Å²) in [5, 5.41) is 3.42. The number of imidazole rings is 1. The summed E-state index contributed by atoms with van der Waals surface area (Å²) >= 11 is 0. The molecule has 0 radical (unpaired) electrons. The third kappa shape index (κ3) is 5.88. The Morgan fingerprint density at radius 1 is 1.44 bits per heavy atom. The van der Waals surface area contributed by atoms with E-state index in [0.717, 1.165) is 32.7 Å². The Kier molecular flexibility index (Phi) is 6.85. The molecule has 92 valence electrons. The first-order valence-electron chi connectivity index (χ1n) is 6.09. The highest BCUT2D eigenvalue weighted by molar-refractivity contribution is 4.76.